The molecule has 0 aromatic heterocycles. The molecule has 0 atom stereocenters. The quantitative estimate of drug-likeness (QED) is 0.813. The monoisotopic (exact) mass is 259 g/mol. The third-order valence-electron chi connectivity index (χ3n) is 4.49. The van der Waals surface area contributed by atoms with Crippen LogP contribution < -0.4 is 5.73 Å². The molecule has 0 saturated heterocycles. The molecule has 0 unspecified atom stereocenters. The summed E-state index contributed by atoms with van der Waals surface area (Å²) in [5, 5.41) is 0. The first-order valence-electron chi connectivity index (χ1n) is 7.56. The van der Waals surface area contributed by atoms with E-state index < -0.39 is 0 Å². The second kappa shape index (κ2) is 6.74. The van der Waals surface area contributed by atoms with Gasteiger partial charge in [-0.1, -0.05) is 25.5 Å². The lowest BCUT2D eigenvalue weighted by Crippen LogP contribution is -2.22. The predicted octanol–water partition coefficient (Wildman–Crippen LogP) is 3.99. The third kappa shape index (κ3) is 4.09. The molecule has 19 heavy (non-hydrogen) atoms. The minimum absolute atomic E-state index is 0.323. The zero-order chi connectivity index (χ0) is 13.7. The summed E-state index contributed by atoms with van der Waals surface area (Å²) in [4.78, 5) is 12.2. The summed E-state index contributed by atoms with van der Waals surface area (Å²) in [6.45, 7) is 2.26. The molecule has 2 heteroatoms. The Morgan fingerprint density at radius 2 is 2.00 bits per heavy atom. The number of hydrogen-bond acceptors (Lipinski definition) is 2. The Bertz CT molecular complexity index is 419. The Hall–Kier alpha value is -1.31. The lowest BCUT2D eigenvalue weighted by Gasteiger charge is -2.26. The van der Waals surface area contributed by atoms with E-state index in [2.05, 4.69) is 13.0 Å². The van der Waals surface area contributed by atoms with Crippen LogP contribution in [0.1, 0.15) is 51.0 Å². The number of Topliss-reactive ketones (excluding diaryl/α,β-unsaturated/α-hetero) is 1. The summed E-state index contributed by atoms with van der Waals surface area (Å²) in [5.74, 6) is 1.64. The maximum Gasteiger partial charge on any atom is 0.136 e. The van der Waals surface area contributed by atoms with Crippen LogP contribution in [0.4, 0.5) is 5.69 Å². The first kappa shape index (κ1) is 14.1. The zero-order valence-corrected chi connectivity index (χ0v) is 11.9. The van der Waals surface area contributed by atoms with Crippen LogP contribution in [0.25, 0.3) is 0 Å². The number of hydrogen-bond donors (Lipinski definition) is 1. The molecular weight excluding hydrogens is 234 g/mol. The summed E-state index contributed by atoms with van der Waals surface area (Å²) in [5.41, 5.74) is 7.72. The van der Waals surface area contributed by atoms with Gasteiger partial charge in [0.15, 0.2) is 0 Å². The van der Waals surface area contributed by atoms with Crippen LogP contribution in [0.2, 0.25) is 0 Å². The highest BCUT2D eigenvalue weighted by Gasteiger charge is 2.24. The number of carbonyl (C=O) groups excluding carboxylic acids is 1. The lowest BCUT2D eigenvalue weighted by molar-refractivity contribution is -0.124. The van der Waals surface area contributed by atoms with Crippen molar-refractivity contribution in [3.05, 3.63) is 29.8 Å². The molecule has 0 spiro atoms. The van der Waals surface area contributed by atoms with Gasteiger partial charge in [-0.3, -0.25) is 4.79 Å². The second-order valence-corrected chi connectivity index (χ2v) is 5.84. The smallest absolute Gasteiger partial charge is 0.136 e. The summed E-state index contributed by atoms with van der Waals surface area (Å²) in [7, 11) is 0. The molecule has 1 saturated carbocycles. The van der Waals surface area contributed by atoms with Crippen LogP contribution in [0.15, 0.2) is 24.3 Å². The average Bonchev–Trinajstić information content (AvgIpc) is 2.45. The second-order valence-electron chi connectivity index (χ2n) is 5.84. The minimum atomic E-state index is 0.323. The maximum atomic E-state index is 12.2. The van der Waals surface area contributed by atoms with Gasteiger partial charge in [-0.2, -0.15) is 0 Å². The van der Waals surface area contributed by atoms with Crippen molar-refractivity contribution in [3.8, 4) is 0 Å². The molecular formula is C17H25NO. The van der Waals surface area contributed by atoms with Crippen LogP contribution in [0.5, 0.6) is 0 Å². The lowest BCUT2D eigenvalue weighted by atomic mass is 9.78. The van der Waals surface area contributed by atoms with Crippen LogP contribution >= 0.6 is 0 Å². The van der Waals surface area contributed by atoms with E-state index in [9.17, 15) is 4.79 Å². The molecule has 2 nitrogen and oxygen atoms in total. The SMILES string of the molecule is CCC1CCC(C(=O)CCc2cccc(N)c2)CC1. The van der Waals surface area contributed by atoms with Gasteiger partial charge >= 0.3 is 0 Å². The normalized spacial score (nSPS) is 23.2. The van der Waals surface area contributed by atoms with Crippen molar-refractivity contribution < 1.29 is 4.79 Å². The van der Waals surface area contributed by atoms with E-state index in [-0.39, 0.29) is 0 Å². The fourth-order valence-corrected chi connectivity index (χ4v) is 3.11. The molecule has 0 aliphatic heterocycles. The highest BCUT2D eigenvalue weighted by molar-refractivity contribution is 5.81. The topological polar surface area (TPSA) is 43.1 Å². The summed E-state index contributed by atoms with van der Waals surface area (Å²) >= 11 is 0. The van der Waals surface area contributed by atoms with Gasteiger partial charge in [-0.25, -0.2) is 0 Å². The Balaban J connectivity index is 1.79. The highest BCUT2D eigenvalue weighted by atomic mass is 16.1. The van der Waals surface area contributed by atoms with Crippen molar-refractivity contribution in [2.45, 2.75) is 51.9 Å². The van der Waals surface area contributed by atoms with E-state index in [4.69, 9.17) is 5.73 Å². The number of aryl methyl sites for hydroxylation is 1. The van der Waals surface area contributed by atoms with Crippen LogP contribution in [0, 0.1) is 11.8 Å². The van der Waals surface area contributed by atoms with Crippen molar-refractivity contribution >= 4 is 11.5 Å². The van der Waals surface area contributed by atoms with Gasteiger partial charge in [0, 0.05) is 18.0 Å². The number of anilines is 1. The van der Waals surface area contributed by atoms with Gasteiger partial charge < -0.3 is 5.73 Å². The van der Waals surface area contributed by atoms with Gasteiger partial charge in [0.25, 0.3) is 0 Å². The Kier molecular flexibility index (Phi) is 5.00. The molecule has 1 aromatic carbocycles. The van der Waals surface area contributed by atoms with E-state index in [1.165, 1.54) is 24.8 Å². The largest absolute Gasteiger partial charge is 0.399 e. The molecule has 1 aromatic rings. The van der Waals surface area contributed by atoms with E-state index >= 15 is 0 Å². The van der Waals surface area contributed by atoms with Crippen molar-refractivity contribution in [3.63, 3.8) is 0 Å². The summed E-state index contributed by atoms with van der Waals surface area (Å²) < 4.78 is 0. The number of benzene rings is 1. The van der Waals surface area contributed by atoms with Gasteiger partial charge in [0.2, 0.25) is 0 Å². The molecule has 0 radical (unpaired) electrons. The minimum Gasteiger partial charge on any atom is -0.399 e. The Labute approximate surface area is 116 Å². The molecule has 0 bridgehead atoms. The van der Waals surface area contributed by atoms with Gasteiger partial charge in [-0.15, -0.1) is 0 Å². The predicted molar refractivity (Wildman–Crippen MR) is 79.9 cm³/mol. The molecule has 104 valence electrons. The average molecular weight is 259 g/mol. The molecule has 0 heterocycles. The number of carbonyl (C=O) groups is 1. The summed E-state index contributed by atoms with van der Waals surface area (Å²) in [6, 6.07) is 7.87. The number of nitrogens with two attached hydrogens (primary N) is 1. The van der Waals surface area contributed by atoms with E-state index in [1.54, 1.807) is 0 Å². The Morgan fingerprint density at radius 3 is 2.63 bits per heavy atom. The zero-order valence-electron chi connectivity index (χ0n) is 11.9. The number of nitrogen functional groups attached to an aromatic ring is 1. The van der Waals surface area contributed by atoms with E-state index in [0.717, 1.165) is 30.9 Å². The first-order chi connectivity index (χ1) is 9.19. The molecule has 2 rings (SSSR count). The standard InChI is InChI=1S/C17H25NO/c1-2-13-6-9-15(10-7-13)17(19)11-8-14-4-3-5-16(18)12-14/h3-5,12-13,15H,2,6-11,18H2,1H3. The van der Waals surface area contributed by atoms with E-state index in [0.29, 0.717) is 18.1 Å². The van der Waals surface area contributed by atoms with Gasteiger partial charge in [-0.05, 0) is 55.7 Å². The van der Waals surface area contributed by atoms with Gasteiger partial charge in [0.05, 0.1) is 0 Å². The molecule has 1 fully saturated rings. The molecule has 0 amide bonds. The first-order valence-corrected chi connectivity index (χ1v) is 7.56. The number of ketones is 1. The molecule has 1 aliphatic rings. The highest BCUT2D eigenvalue weighted by Crippen LogP contribution is 2.31. The van der Waals surface area contributed by atoms with Crippen LogP contribution in [0.3, 0.4) is 0 Å². The van der Waals surface area contributed by atoms with Crippen molar-refractivity contribution in [2.75, 3.05) is 5.73 Å². The van der Waals surface area contributed by atoms with Crippen molar-refractivity contribution in [1.82, 2.24) is 0 Å². The van der Waals surface area contributed by atoms with Crippen LogP contribution in [-0.4, -0.2) is 5.78 Å². The van der Waals surface area contributed by atoms with Gasteiger partial charge in [0.1, 0.15) is 5.78 Å². The third-order valence-corrected chi connectivity index (χ3v) is 4.49. The molecule has 1 aliphatic carbocycles. The van der Waals surface area contributed by atoms with E-state index in [1.807, 2.05) is 18.2 Å². The van der Waals surface area contributed by atoms with Crippen LogP contribution in [-0.2, 0) is 11.2 Å². The molecule has 2 N–H and O–H groups in total. The van der Waals surface area contributed by atoms with Crippen molar-refractivity contribution in [1.29, 1.82) is 0 Å². The fourth-order valence-electron chi connectivity index (χ4n) is 3.11. The Morgan fingerprint density at radius 1 is 1.26 bits per heavy atom. The van der Waals surface area contributed by atoms with Crippen molar-refractivity contribution in [2.24, 2.45) is 11.8 Å². The number of rotatable bonds is 5. The fraction of sp³-hybridized carbons (Fsp3) is 0.588. The summed E-state index contributed by atoms with van der Waals surface area (Å²) in [6.07, 6.45) is 7.46. The maximum absolute atomic E-state index is 12.2.